The number of nitrogens with zero attached hydrogens (tertiary/aromatic N) is 1. The minimum absolute atomic E-state index is 0.0225. The fraction of sp³-hybridized carbons (Fsp3) is 0.333. The third kappa shape index (κ3) is 1.40. The van der Waals surface area contributed by atoms with E-state index in [0.717, 1.165) is 5.75 Å². The summed E-state index contributed by atoms with van der Waals surface area (Å²) < 4.78 is 5.34. The van der Waals surface area contributed by atoms with E-state index in [-0.39, 0.29) is 5.54 Å². The summed E-state index contributed by atoms with van der Waals surface area (Å²) in [6.07, 6.45) is 0. The van der Waals surface area contributed by atoms with E-state index in [9.17, 15) is 0 Å². The van der Waals surface area contributed by atoms with Crippen LogP contribution in [-0.2, 0) is 5.54 Å². The summed E-state index contributed by atoms with van der Waals surface area (Å²) in [6.45, 7) is 4.53. The minimum Gasteiger partial charge on any atom is -0.497 e. The molecule has 0 amide bonds. The van der Waals surface area contributed by atoms with Crippen molar-refractivity contribution in [3.63, 3.8) is 0 Å². The van der Waals surface area contributed by atoms with Gasteiger partial charge in [-0.2, -0.15) is 0 Å². The van der Waals surface area contributed by atoms with Crippen molar-refractivity contribution in [2.24, 2.45) is 0 Å². The zero-order chi connectivity index (χ0) is 12.9. The molecule has 0 radical (unpaired) electrons. The molecule has 0 spiro atoms. The van der Waals surface area contributed by atoms with Crippen LogP contribution in [0.15, 0.2) is 29.6 Å². The van der Waals surface area contributed by atoms with E-state index in [1.165, 1.54) is 21.7 Å². The summed E-state index contributed by atoms with van der Waals surface area (Å²) >= 11 is 1.82. The van der Waals surface area contributed by atoms with Crippen LogP contribution in [0, 0.1) is 0 Å². The van der Waals surface area contributed by atoms with Crippen molar-refractivity contribution in [1.82, 2.24) is 0 Å². The summed E-state index contributed by atoms with van der Waals surface area (Å²) in [4.78, 5) is 3.72. The Balaban J connectivity index is 2.29. The lowest BCUT2D eigenvalue weighted by atomic mass is 9.86. The number of methoxy groups -OCH3 is 1. The number of rotatable bonds is 1. The van der Waals surface area contributed by atoms with E-state index in [2.05, 4.69) is 49.4 Å². The third-order valence-corrected chi connectivity index (χ3v) is 4.92. The van der Waals surface area contributed by atoms with Gasteiger partial charge in [0.15, 0.2) is 0 Å². The van der Waals surface area contributed by atoms with Crippen molar-refractivity contribution in [3.05, 3.63) is 35.2 Å². The van der Waals surface area contributed by atoms with E-state index in [1.54, 1.807) is 7.11 Å². The van der Waals surface area contributed by atoms with Crippen LogP contribution in [0.3, 0.4) is 0 Å². The molecule has 2 nitrogen and oxygen atoms in total. The van der Waals surface area contributed by atoms with Crippen molar-refractivity contribution in [2.45, 2.75) is 19.4 Å². The van der Waals surface area contributed by atoms with E-state index in [0.29, 0.717) is 0 Å². The summed E-state index contributed by atoms with van der Waals surface area (Å²) in [5, 5.41) is 2.18. The van der Waals surface area contributed by atoms with Gasteiger partial charge in [-0.15, -0.1) is 11.3 Å². The molecule has 0 aliphatic carbocycles. The van der Waals surface area contributed by atoms with Gasteiger partial charge < -0.3 is 9.64 Å². The van der Waals surface area contributed by atoms with E-state index in [1.807, 2.05) is 17.4 Å². The maximum atomic E-state index is 5.34. The molecule has 0 saturated carbocycles. The number of fused-ring (bicyclic) bond motifs is 3. The Morgan fingerprint density at radius 1 is 1.22 bits per heavy atom. The van der Waals surface area contributed by atoms with Crippen LogP contribution in [0.5, 0.6) is 5.75 Å². The molecule has 2 aromatic rings. The minimum atomic E-state index is 0.0225. The number of thiophene rings is 1. The molecule has 0 saturated heterocycles. The lowest BCUT2D eigenvalue weighted by molar-refractivity contribution is 0.414. The standard InChI is InChI=1S/C15H17NOS/c1-15(2)12-7-8-18-14(12)11-6-5-10(17-4)9-13(11)16(15)3/h5-9H,1-4H3. The largest absolute Gasteiger partial charge is 0.497 e. The number of anilines is 1. The van der Waals surface area contributed by atoms with E-state index >= 15 is 0 Å². The first-order chi connectivity index (χ1) is 8.55. The fourth-order valence-electron chi connectivity index (χ4n) is 2.59. The topological polar surface area (TPSA) is 12.5 Å². The molecule has 0 fully saturated rings. The predicted octanol–water partition coefficient (Wildman–Crippen LogP) is 4.11. The summed E-state index contributed by atoms with van der Waals surface area (Å²) in [7, 11) is 3.87. The Bertz CT molecular complexity index is 600. The molecule has 1 aromatic carbocycles. The van der Waals surface area contributed by atoms with Crippen molar-refractivity contribution in [3.8, 4) is 16.2 Å². The summed E-state index contributed by atoms with van der Waals surface area (Å²) in [5.41, 5.74) is 3.99. The van der Waals surface area contributed by atoms with Gasteiger partial charge >= 0.3 is 0 Å². The molecular formula is C15H17NOS. The molecule has 0 N–H and O–H groups in total. The molecule has 0 atom stereocenters. The second-order valence-corrected chi connectivity index (χ2v) is 6.08. The molecule has 0 bridgehead atoms. The Hall–Kier alpha value is -1.48. The van der Waals surface area contributed by atoms with Crippen molar-refractivity contribution in [1.29, 1.82) is 0 Å². The smallest absolute Gasteiger partial charge is 0.120 e. The first-order valence-electron chi connectivity index (χ1n) is 6.06. The lowest BCUT2D eigenvalue weighted by Gasteiger charge is -2.42. The average molecular weight is 259 g/mol. The van der Waals surface area contributed by atoms with Gasteiger partial charge in [-0.1, -0.05) is 0 Å². The van der Waals surface area contributed by atoms with Crippen molar-refractivity contribution >= 4 is 17.0 Å². The highest BCUT2D eigenvalue weighted by atomic mass is 32.1. The molecule has 3 rings (SSSR count). The quantitative estimate of drug-likeness (QED) is 0.764. The van der Waals surface area contributed by atoms with Crippen LogP contribution >= 0.6 is 11.3 Å². The molecule has 2 heterocycles. The molecule has 1 aliphatic heterocycles. The number of ether oxygens (including phenoxy) is 1. The number of hydrogen-bond donors (Lipinski definition) is 0. The lowest BCUT2D eigenvalue weighted by Crippen LogP contribution is -2.41. The van der Waals surface area contributed by atoms with Crippen LogP contribution < -0.4 is 9.64 Å². The van der Waals surface area contributed by atoms with Crippen LogP contribution in [0.2, 0.25) is 0 Å². The molecule has 18 heavy (non-hydrogen) atoms. The van der Waals surface area contributed by atoms with Crippen LogP contribution in [0.25, 0.3) is 10.4 Å². The number of hydrogen-bond acceptors (Lipinski definition) is 3. The highest BCUT2D eigenvalue weighted by molar-refractivity contribution is 7.13. The van der Waals surface area contributed by atoms with Crippen molar-refractivity contribution < 1.29 is 4.74 Å². The maximum Gasteiger partial charge on any atom is 0.120 e. The van der Waals surface area contributed by atoms with Gasteiger partial charge in [-0.3, -0.25) is 0 Å². The first kappa shape index (κ1) is 11.6. The molecule has 1 aliphatic rings. The summed E-state index contributed by atoms with van der Waals surface area (Å²) in [6, 6.07) is 8.56. The van der Waals surface area contributed by atoms with Gasteiger partial charge in [0.2, 0.25) is 0 Å². The molecule has 1 aromatic heterocycles. The zero-order valence-corrected chi connectivity index (χ0v) is 12.0. The molecular weight excluding hydrogens is 242 g/mol. The van der Waals surface area contributed by atoms with Crippen LogP contribution in [0.4, 0.5) is 5.69 Å². The van der Waals surface area contributed by atoms with Gasteiger partial charge in [0.25, 0.3) is 0 Å². The molecule has 0 unspecified atom stereocenters. The Morgan fingerprint density at radius 3 is 2.72 bits per heavy atom. The SMILES string of the molecule is COc1ccc2c(c1)N(C)C(C)(C)c1ccsc1-2. The molecule has 94 valence electrons. The molecule has 3 heteroatoms. The monoisotopic (exact) mass is 259 g/mol. The van der Waals surface area contributed by atoms with Gasteiger partial charge in [-0.25, -0.2) is 0 Å². The second kappa shape index (κ2) is 3.75. The zero-order valence-electron chi connectivity index (χ0n) is 11.2. The fourth-order valence-corrected chi connectivity index (χ4v) is 3.67. The third-order valence-electron chi connectivity index (χ3n) is 3.97. The predicted molar refractivity (Wildman–Crippen MR) is 77.7 cm³/mol. The van der Waals surface area contributed by atoms with Crippen LogP contribution in [0.1, 0.15) is 19.4 Å². The van der Waals surface area contributed by atoms with E-state index < -0.39 is 0 Å². The van der Waals surface area contributed by atoms with Gasteiger partial charge in [-0.05, 0) is 43.0 Å². The maximum absolute atomic E-state index is 5.34. The normalized spacial score (nSPS) is 16.1. The summed E-state index contributed by atoms with van der Waals surface area (Å²) in [5.74, 6) is 0.913. The highest BCUT2D eigenvalue weighted by Gasteiger charge is 2.35. The van der Waals surface area contributed by atoms with Gasteiger partial charge in [0.05, 0.1) is 12.6 Å². The van der Waals surface area contributed by atoms with E-state index in [4.69, 9.17) is 4.74 Å². The Kier molecular flexibility index (Phi) is 2.42. The Morgan fingerprint density at radius 2 is 2.00 bits per heavy atom. The van der Waals surface area contributed by atoms with Crippen LogP contribution in [-0.4, -0.2) is 14.2 Å². The Labute approximate surface area is 112 Å². The number of benzene rings is 1. The van der Waals surface area contributed by atoms with Gasteiger partial charge in [0, 0.05) is 29.2 Å². The highest BCUT2D eigenvalue weighted by Crippen LogP contribution is 2.49. The second-order valence-electron chi connectivity index (χ2n) is 5.16. The van der Waals surface area contributed by atoms with Gasteiger partial charge in [0.1, 0.15) is 5.75 Å². The van der Waals surface area contributed by atoms with Crippen molar-refractivity contribution in [2.75, 3.05) is 19.1 Å². The average Bonchev–Trinajstić information content (AvgIpc) is 2.86. The first-order valence-corrected chi connectivity index (χ1v) is 6.94.